The van der Waals surface area contributed by atoms with E-state index in [4.69, 9.17) is 0 Å². The van der Waals surface area contributed by atoms with Gasteiger partial charge in [-0.2, -0.15) is 0 Å². The van der Waals surface area contributed by atoms with E-state index in [1.54, 1.807) is 44.5 Å². The smallest absolute Gasteiger partial charge is 0.0587 e. The van der Waals surface area contributed by atoms with Crippen molar-refractivity contribution in [3.8, 4) is 0 Å². The second-order valence-corrected chi connectivity index (χ2v) is 43.7. The first-order valence-electron chi connectivity index (χ1n) is 25.7. The molecule has 5 rings (SSSR count). The van der Waals surface area contributed by atoms with Gasteiger partial charge in [-0.1, -0.05) is 215 Å². The van der Waals surface area contributed by atoms with E-state index >= 15 is 0 Å². The Kier molecular flexibility index (Phi) is 16.2. The highest BCUT2D eigenvalue weighted by Gasteiger charge is 2.64. The van der Waals surface area contributed by atoms with Gasteiger partial charge in [-0.25, -0.2) is 0 Å². The number of hydrogen-bond acceptors (Lipinski definition) is 0. The molecule has 1 aliphatic heterocycles. The standard InChI is InChI=1S/C60H92Si3/c1-33(2)45-25-49(37(9)10)57(50(26-45)38(11)12)61-62(58-51(39(13)14)27-46(34(3)4)28-52(58)40(15)16)63(61,59-53(41(17)18)29-47(35(5)6)30-54(59)42(19)20)60-55(43(21)22)31-48(36(7)8)32-56(60)44(23)24/h25-44H,1-24H3. The molecule has 3 heteroatoms. The number of hydrogen-bond donors (Lipinski definition) is 0. The summed E-state index contributed by atoms with van der Waals surface area (Å²) in [5.41, 5.74) is 19.6. The van der Waals surface area contributed by atoms with E-state index in [9.17, 15) is 0 Å². The van der Waals surface area contributed by atoms with E-state index in [0.717, 1.165) is 0 Å². The van der Waals surface area contributed by atoms with E-state index in [1.807, 2.05) is 20.7 Å². The van der Waals surface area contributed by atoms with Crippen molar-refractivity contribution in [2.24, 2.45) is 0 Å². The Labute approximate surface area is 393 Å². The summed E-state index contributed by atoms with van der Waals surface area (Å²) in [6.45, 7) is 59.9. The molecule has 4 aromatic rings. The first kappa shape index (κ1) is 51.5. The highest BCUT2D eigenvalue weighted by atomic mass is 30.0. The van der Waals surface area contributed by atoms with Crippen molar-refractivity contribution < 1.29 is 0 Å². The minimum absolute atomic E-state index is 0.433. The molecule has 0 nitrogen and oxygen atoms in total. The van der Waals surface area contributed by atoms with Crippen LogP contribution in [0, 0.1) is 0 Å². The van der Waals surface area contributed by atoms with Crippen LogP contribution in [0.25, 0.3) is 0 Å². The third-order valence-electron chi connectivity index (χ3n) is 14.7. The lowest BCUT2D eigenvalue weighted by molar-refractivity contribution is 0.809. The van der Waals surface area contributed by atoms with Crippen molar-refractivity contribution >= 4 is 42.7 Å². The molecule has 4 aromatic carbocycles. The highest BCUT2D eigenvalue weighted by molar-refractivity contribution is 7.96. The largest absolute Gasteiger partial charge is 0.137 e. The van der Waals surface area contributed by atoms with Crippen molar-refractivity contribution in [1.29, 1.82) is 0 Å². The van der Waals surface area contributed by atoms with Gasteiger partial charge in [0, 0.05) is 14.8 Å². The second kappa shape index (κ2) is 19.8. The zero-order valence-electron chi connectivity index (χ0n) is 45.0. The molecule has 1 aliphatic rings. The van der Waals surface area contributed by atoms with Crippen LogP contribution in [-0.4, -0.2) is 21.9 Å². The van der Waals surface area contributed by atoms with Gasteiger partial charge in [0.2, 0.25) is 0 Å². The Morgan fingerprint density at radius 3 is 0.540 bits per heavy atom. The predicted molar refractivity (Wildman–Crippen MR) is 291 cm³/mol. The molecule has 0 radical (unpaired) electrons. The third kappa shape index (κ3) is 9.56. The fraction of sp³-hybridized carbons (Fsp3) is 0.600. The maximum atomic E-state index is 2.75. The van der Waals surface area contributed by atoms with Crippen molar-refractivity contribution in [2.75, 3.05) is 0 Å². The molecule has 1 heterocycles. The topological polar surface area (TPSA) is 0 Å². The summed E-state index contributed by atoms with van der Waals surface area (Å²) in [4.78, 5) is 0. The zero-order chi connectivity index (χ0) is 47.5. The summed E-state index contributed by atoms with van der Waals surface area (Å²) in [6, 6.07) is 21.9. The lowest BCUT2D eigenvalue weighted by Crippen LogP contribution is -2.65. The normalized spacial score (nSPS) is 14.5. The Balaban J connectivity index is 2.34. The van der Waals surface area contributed by atoms with Crippen molar-refractivity contribution in [1.82, 2.24) is 0 Å². The lowest BCUT2D eigenvalue weighted by Gasteiger charge is -2.37. The molecule has 0 amide bonds. The van der Waals surface area contributed by atoms with Gasteiger partial charge in [0.25, 0.3) is 0 Å². The zero-order valence-corrected chi connectivity index (χ0v) is 48.0. The molecule has 0 saturated heterocycles. The molecule has 344 valence electrons. The summed E-state index contributed by atoms with van der Waals surface area (Å²) in [5, 5.41) is 7.50. The fourth-order valence-electron chi connectivity index (χ4n) is 10.8. The molecular formula is C60H92Si3. The minimum atomic E-state index is -2.69. The van der Waals surface area contributed by atoms with Gasteiger partial charge in [0.15, 0.2) is 0 Å². The predicted octanol–water partition coefficient (Wildman–Crippen LogP) is 15.8. The Morgan fingerprint density at radius 1 is 0.238 bits per heavy atom. The molecule has 0 aliphatic carbocycles. The molecule has 63 heavy (non-hydrogen) atoms. The van der Waals surface area contributed by atoms with Crippen LogP contribution in [0.15, 0.2) is 48.5 Å². The summed E-state index contributed by atoms with van der Waals surface area (Å²) >= 11 is 0. The monoisotopic (exact) mass is 897 g/mol. The molecule has 0 aromatic heterocycles. The first-order valence-corrected chi connectivity index (χ1v) is 33.7. The van der Waals surface area contributed by atoms with E-state index in [0.29, 0.717) is 71.0 Å². The number of rotatable bonds is 16. The van der Waals surface area contributed by atoms with Gasteiger partial charge in [0.05, 0.1) is 0 Å². The molecule has 0 unspecified atom stereocenters. The summed E-state index contributed by atoms with van der Waals surface area (Å²) in [5.74, 6) is 5.50. The molecule has 0 N–H and O–H groups in total. The van der Waals surface area contributed by atoms with Crippen LogP contribution in [-0.2, 0) is 0 Å². The van der Waals surface area contributed by atoms with Gasteiger partial charge >= 0.3 is 0 Å². The molecule has 0 fully saturated rings. The summed E-state index contributed by atoms with van der Waals surface area (Å²) in [7, 11) is -5.15. The van der Waals surface area contributed by atoms with Crippen LogP contribution < -0.4 is 20.7 Å². The summed E-state index contributed by atoms with van der Waals surface area (Å²) in [6.07, 6.45) is 0. The lowest BCUT2D eigenvalue weighted by atomic mass is 9.89. The van der Waals surface area contributed by atoms with E-state index in [-0.39, 0.29) is 0 Å². The minimum Gasteiger partial charge on any atom is -0.0587 e. The number of benzene rings is 4. The van der Waals surface area contributed by atoms with Crippen molar-refractivity contribution in [3.05, 3.63) is 115 Å². The molecular weight excluding hydrogens is 805 g/mol. The van der Waals surface area contributed by atoms with Crippen LogP contribution in [0.1, 0.15) is 304 Å². The van der Waals surface area contributed by atoms with Crippen LogP contribution in [0.5, 0.6) is 0 Å². The maximum absolute atomic E-state index is 2.75. The highest BCUT2D eigenvalue weighted by Crippen LogP contribution is 2.41. The van der Waals surface area contributed by atoms with Gasteiger partial charge in [-0.15, -0.1) is 0 Å². The average Bonchev–Trinajstić information content (AvgIpc) is 3.86. The third-order valence-corrected chi connectivity index (χ3v) is 44.3. The van der Waals surface area contributed by atoms with Gasteiger partial charge < -0.3 is 0 Å². The van der Waals surface area contributed by atoms with E-state index in [1.165, 1.54) is 22.3 Å². The Hall–Kier alpha value is -2.47. The second-order valence-electron chi connectivity index (χ2n) is 23.7. The molecule has 0 bridgehead atoms. The Morgan fingerprint density at radius 2 is 0.397 bits per heavy atom. The van der Waals surface area contributed by atoms with Gasteiger partial charge in [-0.05, 0) is 159 Å². The van der Waals surface area contributed by atoms with Crippen LogP contribution >= 0.6 is 0 Å². The van der Waals surface area contributed by atoms with Crippen LogP contribution in [0.3, 0.4) is 0 Å². The quantitative estimate of drug-likeness (QED) is 0.0983. The van der Waals surface area contributed by atoms with E-state index < -0.39 is 21.9 Å². The Bertz CT molecular complexity index is 2040. The van der Waals surface area contributed by atoms with Gasteiger partial charge in [0.1, 0.15) is 7.11 Å². The van der Waals surface area contributed by atoms with Crippen molar-refractivity contribution in [2.45, 2.75) is 237 Å². The van der Waals surface area contributed by atoms with Gasteiger partial charge in [-0.3, -0.25) is 0 Å². The van der Waals surface area contributed by atoms with Crippen LogP contribution in [0.2, 0.25) is 0 Å². The average molecular weight is 898 g/mol. The van der Waals surface area contributed by atoms with Crippen LogP contribution in [0.4, 0.5) is 0 Å². The maximum Gasteiger partial charge on any atom is 0.137 e. The SMILES string of the molecule is CC(C)c1cc(C(C)C)c([Si]2=[Si](c3c(C(C)C)cc(C(C)C)cc3C(C)C)[Si]2(c2c(C(C)C)cc(C(C)C)cc2C(C)C)c2c(C(C)C)cc(C(C)C)cc2C(C)C)c(C(C)C)c1. The van der Waals surface area contributed by atoms with Crippen molar-refractivity contribution in [3.63, 3.8) is 0 Å². The summed E-state index contributed by atoms with van der Waals surface area (Å²) < 4.78 is 0. The van der Waals surface area contributed by atoms with E-state index in [2.05, 4.69) is 215 Å². The first-order chi connectivity index (χ1) is 29.2. The fourth-order valence-corrected chi connectivity index (χ4v) is 55.8. The molecule has 0 spiro atoms. The molecule has 0 atom stereocenters. The molecule has 0 saturated carbocycles.